The average Bonchev–Trinajstić information content (AvgIpc) is 3.10. The summed E-state index contributed by atoms with van der Waals surface area (Å²) in [4.78, 5) is 8.76. The Morgan fingerprint density at radius 2 is 2.04 bits per heavy atom. The molecule has 0 aliphatic carbocycles. The number of thiazole rings is 1. The van der Waals surface area contributed by atoms with Crippen LogP contribution >= 0.6 is 11.3 Å². The van der Waals surface area contributed by atoms with E-state index in [0.29, 0.717) is 30.7 Å². The standard InChI is InChI=1S/C18H24F2N4OS/c1-12(2)15-11-26-17(24-15)9-23-18(21-3)22-8-13-5-4-6-14(7-13)25-10-16(19)20/h4-7,11-12,16H,8-10H2,1-3H3,(H2,21,22,23). The Hall–Kier alpha value is -2.22. The molecule has 0 bridgehead atoms. The highest BCUT2D eigenvalue weighted by molar-refractivity contribution is 7.09. The number of hydrogen-bond acceptors (Lipinski definition) is 4. The summed E-state index contributed by atoms with van der Waals surface area (Å²) in [6.45, 7) is 4.72. The molecule has 2 N–H and O–H groups in total. The first-order valence-electron chi connectivity index (χ1n) is 8.36. The first-order chi connectivity index (χ1) is 12.5. The van der Waals surface area contributed by atoms with Gasteiger partial charge < -0.3 is 15.4 Å². The van der Waals surface area contributed by atoms with Crippen molar-refractivity contribution >= 4 is 17.3 Å². The predicted octanol–water partition coefficient (Wildman–Crippen LogP) is 3.78. The lowest BCUT2D eigenvalue weighted by molar-refractivity contribution is 0.0818. The molecule has 1 aromatic heterocycles. The molecule has 1 heterocycles. The summed E-state index contributed by atoms with van der Waals surface area (Å²) in [5, 5.41) is 9.48. The third-order valence-electron chi connectivity index (χ3n) is 3.53. The topological polar surface area (TPSA) is 58.5 Å². The van der Waals surface area contributed by atoms with Gasteiger partial charge in [-0.1, -0.05) is 26.0 Å². The molecule has 0 radical (unpaired) electrons. The third-order valence-corrected chi connectivity index (χ3v) is 4.39. The van der Waals surface area contributed by atoms with E-state index in [1.807, 2.05) is 6.07 Å². The molecule has 0 saturated heterocycles. The fraction of sp³-hybridized carbons (Fsp3) is 0.444. The highest BCUT2D eigenvalue weighted by Crippen LogP contribution is 2.17. The van der Waals surface area contributed by atoms with E-state index in [1.54, 1.807) is 36.6 Å². The second kappa shape index (κ2) is 10.1. The number of nitrogens with one attached hydrogen (secondary N) is 2. The van der Waals surface area contributed by atoms with Gasteiger partial charge in [-0.15, -0.1) is 11.3 Å². The van der Waals surface area contributed by atoms with Crippen LogP contribution in [0.4, 0.5) is 8.78 Å². The van der Waals surface area contributed by atoms with Gasteiger partial charge in [-0.05, 0) is 23.6 Å². The lowest BCUT2D eigenvalue weighted by atomic mass is 10.2. The summed E-state index contributed by atoms with van der Waals surface area (Å²) in [6.07, 6.45) is -2.48. The SMILES string of the molecule is CN=C(NCc1cccc(OCC(F)F)c1)NCc1nc(C(C)C)cs1. The molecule has 0 saturated carbocycles. The molecule has 1 aromatic carbocycles. The van der Waals surface area contributed by atoms with Crippen LogP contribution in [0.2, 0.25) is 0 Å². The van der Waals surface area contributed by atoms with Gasteiger partial charge in [0.05, 0.1) is 12.2 Å². The number of guanidine groups is 1. The van der Waals surface area contributed by atoms with Gasteiger partial charge in [0.15, 0.2) is 5.96 Å². The monoisotopic (exact) mass is 382 g/mol. The number of aliphatic imine (C=N–C) groups is 1. The van der Waals surface area contributed by atoms with Gasteiger partial charge in [0.2, 0.25) is 0 Å². The summed E-state index contributed by atoms with van der Waals surface area (Å²) in [5.41, 5.74) is 2.01. The molecular weight excluding hydrogens is 358 g/mol. The van der Waals surface area contributed by atoms with E-state index in [2.05, 4.69) is 39.8 Å². The van der Waals surface area contributed by atoms with Crippen molar-refractivity contribution in [3.63, 3.8) is 0 Å². The van der Waals surface area contributed by atoms with Crippen LogP contribution in [0.15, 0.2) is 34.6 Å². The molecule has 2 rings (SSSR count). The number of aromatic nitrogens is 1. The lowest BCUT2D eigenvalue weighted by Crippen LogP contribution is -2.36. The number of rotatable bonds is 8. The smallest absolute Gasteiger partial charge is 0.272 e. The number of nitrogens with zero attached hydrogens (tertiary/aromatic N) is 2. The maximum Gasteiger partial charge on any atom is 0.272 e. The van der Waals surface area contributed by atoms with Crippen molar-refractivity contribution in [1.29, 1.82) is 0 Å². The largest absolute Gasteiger partial charge is 0.488 e. The minimum Gasteiger partial charge on any atom is -0.488 e. The van der Waals surface area contributed by atoms with Gasteiger partial charge in [0.1, 0.15) is 17.4 Å². The van der Waals surface area contributed by atoms with Crippen molar-refractivity contribution in [3.05, 3.63) is 45.9 Å². The highest BCUT2D eigenvalue weighted by atomic mass is 32.1. The molecule has 0 spiro atoms. The van der Waals surface area contributed by atoms with E-state index >= 15 is 0 Å². The summed E-state index contributed by atoms with van der Waals surface area (Å²) in [6, 6.07) is 7.06. The molecule has 5 nitrogen and oxygen atoms in total. The minimum atomic E-state index is -2.48. The van der Waals surface area contributed by atoms with Gasteiger partial charge >= 0.3 is 0 Å². The van der Waals surface area contributed by atoms with Crippen molar-refractivity contribution in [2.75, 3.05) is 13.7 Å². The first kappa shape index (κ1) is 20.1. The zero-order chi connectivity index (χ0) is 18.9. The second-order valence-electron chi connectivity index (χ2n) is 5.95. The summed E-state index contributed by atoms with van der Waals surface area (Å²) in [5.74, 6) is 1.48. The van der Waals surface area contributed by atoms with Crippen LogP contribution < -0.4 is 15.4 Å². The number of halogens is 2. The molecule has 0 fully saturated rings. The minimum absolute atomic E-state index is 0.414. The fourth-order valence-corrected chi connectivity index (χ4v) is 3.04. The first-order valence-corrected chi connectivity index (χ1v) is 9.24. The molecular formula is C18H24F2N4OS. The van der Waals surface area contributed by atoms with Crippen LogP contribution in [0, 0.1) is 0 Å². The van der Waals surface area contributed by atoms with Crippen molar-refractivity contribution in [3.8, 4) is 5.75 Å². The lowest BCUT2D eigenvalue weighted by Gasteiger charge is -2.12. The molecule has 8 heteroatoms. The van der Waals surface area contributed by atoms with Crippen LogP contribution in [0.5, 0.6) is 5.75 Å². The van der Waals surface area contributed by atoms with Crippen LogP contribution in [-0.2, 0) is 13.1 Å². The maximum atomic E-state index is 12.2. The average molecular weight is 382 g/mol. The number of ether oxygens (including phenoxy) is 1. The van der Waals surface area contributed by atoms with E-state index in [1.165, 1.54) is 0 Å². The second-order valence-corrected chi connectivity index (χ2v) is 6.89. The fourth-order valence-electron chi connectivity index (χ4n) is 2.14. The number of benzene rings is 1. The molecule has 0 aliphatic rings. The van der Waals surface area contributed by atoms with E-state index in [4.69, 9.17) is 4.74 Å². The third kappa shape index (κ3) is 6.59. The molecule has 0 unspecified atom stereocenters. The zero-order valence-corrected chi connectivity index (χ0v) is 15.9. The number of hydrogen-bond donors (Lipinski definition) is 2. The van der Waals surface area contributed by atoms with E-state index in [-0.39, 0.29) is 0 Å². The van der Waals surface area contributed by atoms with E-state index in [9.17, 15) is 8.78 Å². The van der Waals surface area contributed by atoms with Crippen molar-refractivity contribution in [1.82, 2.24) is 15.6 Å². The van der Waals surface area contributed by atoms with Crippen molar-refractivity contribution < 1.29 is 13.5 Å². The van der Waals surface area contributed by atoms with E-state index < -0.39 is 13.0 Å². The van der Waals surface area contributed by atoms with Gasteiger partial charge in [0, 0.05) is 19.0 Å². The van der Waals surface area contributed by atoms with Gasteiger partial charge in [-0.2, -0.15) is 0 Å². The Morgan fingerprint density at radius 3 is 2.69 bits per heavy atom. The van der Waals surface area contributed by atoms with Crippen LogP contribution in [0.1, 0.15) is 36.0 Å². The Kier molecular flexibility index (Phi) is 7.77. The molecule has 2 aromatic rings. The van der Waals surface area contributed by atoms with Crippen molar-refractivity contribution in [2.45, 2.75) is 39.3 Å². The number of alkyl halides is 2. The maximum absolute atomic E-state index is 12.2. The van der Waals surface area contributed by atoms with Gasteiger partial charge in [-0.3, -0.25) is 4.99 Å². The predicted molar refractivity (Wildman–Crippen MR) is 101 cm³/mol. The van der Waals surface area contributed by atoms with Crippen LogP contribution in [0.3, 0.4) is 0 Å². The van der Waals surface area contributed by atoms with Crippen LogP contribution in [-0.4, -0.2) is 31.0 Å². The van der Waals surface area contributed by atoms with Crippen molar-refractivity contribution in [2.24, 2.45) is 4.99 Å². The van der Waals surface area contributed by atoms with Gasteiger partial charge in [0.25, 0.3) is 6.43 Å². The molecule has 142 valence electrons. The highest BCUT2D eigenvalue weighted by Gasteiger charge is 2.07. The normalized spacial score (nSPS) is 11.9. The molecule has 26 heavy (non-hydrogen) atoms. The Balaban J connectivity index is 1.83. The summed E-state index contributed by atoms with van der Waals surface area (Å²) in [7, 11) is 1.69. The van der Waals surface area contributed by atoms with E-state index in [0.717, 1.165) is 16.3 Å². The Labute approximate surface area is 156 Å². The quantitative estimate of drug-likeness (QED) is 0.539. The van der Waals surface area contributed by atoms with Gasteiger partial charge in [-0.25, -0.2) is 13.8 Å². The Morgan fingerprint density at radius 1 is 1.27 bits per heavy atom. The Bertz CT molecular complexity index is 719. The summed E-state index contributed by atoms with van der Waals surface area (Å²) >= 11 is 1.62. The summed E-state index contributed by atoms with van der Waals surface area (Å²) < 4.78 is 29.5. The zero-order valence-electron chi connectivity index (χ0n) is 15.1. The molecule has 0 aliphatic heterocycles. The molecule has 0 amide bonds. The molecule has 0 atom stereocenters. The van der Waals surface area contributed by atoms with Crippen LogP contribution in [0.25, 0.3) is 0 Å².